The number of hydrogen-bond donors (Lipinski definition) is 0. The van der Waals surface area contributed by atoms with Crippen molar-refractivity contribution in [1.29, 1.82) is 5.26 Å². The van der Waals surface area contributed by atoms with Gasteiger partial charge in [0.15, 0.2) is 0 Å². The van der Waals surface area contributed by atoms with Gasteiger partial charge in [0.1, 0.15) is 6.07 Å². The van der Waals surface area contributed by atoms with Crippen LogP contribution in [0.2, 0.25) is 5.02 Å². The molecule has 2 rings (SSSR count). The van der Waals surface area contributed by atoms with E-state index < -0.39 is 0 Å². The molecule has 0 unspecified atom stereocenters. The molecule has 2 aromatic rings. The highest BCUT2D eigenvalue weighted by atomic mass is 79.9. The van der Waals surface area contributed by atoms with Gasteiger partial charge < -0.3 is 0 Å². The molecule has 1 aromatic heterocycles. The molecular weight excluding hydrogens is 347 g/mol. The molecule has 0 saturated carbocycles. The summed E-state index contributed by atoms with van der Waals surface area (Å²) in [7, 11) is 0. The van der Waals surface area contributed by atoms with Crippen LogP contribution in [0.5, 0.6) is 0 Å². The largest absolute Gasteiger partial charge is 0.265 e. The normalized spacial score (nSPS) is 11.7. The number of nitrogens with zero attached hydrogens (tertiary/aromatic N) is 2. The van der Waals surface area contributed by atoms with E-state index in [1.807, 2.05) is 0 Å². The minimum atomic E-state index is 0.381. The number of allylic oxidation sites excluding steroid dienone is 1. The molecule has 19 heavy (non-hydrogen) atoms. The van der Waals surface area contributed by atoms with Gasteiger partial charge in [-0.1, -0.05) is 29.3 Å². The summed E-state index contributed by atoms with van der Waals surface area (Å²) in [5, 5.41) is 10.3. The second-order valence-electron chi connectivity index (χ2n) is 3.67. The van der Waals surface area contributed by atoms with Gasteiger partial charge in [0.2, 0.25) is 0 Å². The molecule has 1 heterocycles. The third-order valence-electron chi connectivity index (χ3n) is 2.47. The van der Waals surface area contributed by atoms with Crippen LogP contribution < -0.4 is 0 Å². The monoisotopic (exact) mass is 352 g/mol. The molecule has 0 spiro atoms. The van der Waals surface area contributed by atoms with Gasteiger partial charge in [-0.3, -0.25) is 4.98 Å². The van der Waals surface area contributed by atoms with E-state index >= 15 is 0 Å². The number of benzene rings is 1. The number of halogens is 3. The molecule has 0 aliphatic heterocycles. The first-order valence-corrected chi connectivity index (χ1v) is 6.84. The molecule has 0 N–H and O–H groups in total. The first-order chi connectivity index (χ1) is 9.13. The average Bonchev–Trinajstić information content (AvgIpc) is 2.44. The van der Waals surface area contributed by atoms with Crippen LogP contribution in [-0.4, -0.2) is 4.98 Å². The first kappa shape index (κ1) is 14.1. The fraction of sp³-hybridized carbons (Fsp3) is 0. The SMILES string of the molecule is N#C/C(=C(/Cl)c1ccc(Cl)c(Br)c1)c1ccncc1. The van der Waals surface area contributed by atoms with E-state index in [2.05, 4.69) is 27.0 Å². The average molecular weight is 354 g/mol. The zero-order valence-corrected chi connectivity index (χ0v) is 12.7. The molecule has 1 aromatic carbocycles. The summed E-state index contributed by atoms with van der Waals surface area (Å²) in [6, 6.07) is 10.9. The van der Waals surface area contributed by atoms with E-state index in [0.717, 1.165) is 15.6 Å². The summed E-state index contributed by atoms with van der Waals surface area (Å²) in [6.07, 6.45) is 3.24. The Labute approximate surface area is 129 Å². The Bertz CT molecular complexity index is 676. The van der Waals surface area contributed by atoms with Gasteiger partial charge >= 0.3 is 0 Å². The van der Waals surface area contributed by atoms with E-state index in [9.17, 15) is 5.26 Å². The number of pyridine rings is 1. The predicted octanol–water partition coefficient (Wildman–Crippen LogP) is 5.13. The molecule has 5 heteroatoms. The van der Waals surface area contributed by atoms with Crippen LogP contribution >= 0.6 is 39.1 Å². The maximum atomic E-state index is 9.28. The second kappa shape index (κ2) is 6.21. The predicted molar refractivity (Wildman–Crippen MR) is 81.7 cm³/mol. The van der Waals surface area contributed by atoms with Crippen LogP contribution in [0.15, 0.2) is 47.2 Å². The third-order valence-corrected chi connectivity index (χ3v) is 4.09. The lowest BCUT2D eigenvalue weighted by Gasteiger charge is -2.05. The van der Waals surface area contributed by atoms with E-state index in [1.165, 1.54) is 0 Å². The molecule has 0 fully saturated rings. The molecule has 2 nitrogen and oxygen atoms in total. The standard InChI is InChI=1S/C14H7BrCl2N2/c15-12-7-10(1-2-13(12)16)14(17)11(8-18)9-3-5-19-6-4-9/h1-7H/b14-11-. The van der Waals surface area contributed by atoms with Gasteiger partial charge in [-0.2, -0.15) is 5.26 Å². The van der Waals surface area contributed by atoms with Crippen LogP contribution in [-0.2, 0) is 0 Å². The first-order valence-electron chi connectivity index (χ1n) is 5.29. The molecule has 0 bridgehead atoms. The molecule has 0 radical (unpaired) electrons. The fourth-order valence-corrected chi connectivity index (χ4v) is 2.30. The maximum absolute atomic E-state index is 9.28. The summed E-state index contributed by atoms with van der Waals surface area (Å²) in [4.78, 5) is 3.92. The van der Waals surface area contributed by atoms with Crippen molar-refractivity contribution in [3.8, 4) is 6.07 Å². The van der Waals surface area contributed by atoms with Crippen molar-refractivity contribution in [3.63, 3.8) is 0 Å². The summed E-state index contributed by atoms with van der Waals surface area (Å²) in [6.45, 7) is 0. The van der Waals surface area contributed by atoms with Crippen molar-refractivity contribution in [2.75, 3.05) is 0 Å². The molecule has 0 amide bonds. The topological polar surface area (TPSA) is 36.7 Å². The van der Waals surface area contributed by atoms with E-state index in [0.29, 0.717) is 15.6 Å². The maximum Gasteiger partial charge on any atom is 0.101 e. The zero-order valence-electron chi connectivity index (χ0n) is 9.57. The summed E-state index contributed by atoms with van der Waals surface area (Å²) < 4.78 is 0.733. The summed E-state index contributed by atoms with van der Waals surface area (Å²) >= 11 is 15.6. The Balaban J connectivity index is 2.56. The lowest BCUT2D eigenvalue weighted by atomic mass is 10.0. The number of nitriles is 1. The lowest BCUT2D eigenvalue weighted by molar-refractivity contribution is 1.32. The van der Waals surface area contributed by atoms with Crippen molar-refractivity contribution in [2.24, 2.45) is 0 Å². The van der Waals surface area contributed by atoms with Gasteiger partial charge in [0, 0.05) is 16.9 Å². The highest BCUT2D eigenvalue weighted by molar-refractivity contribution is 9.10. The van der Waals surface area contributed by atoms with Gasteiger partial charge in [0.25, 0.3) is 0 Å². The van der Waals surface area contributed by atoms with Crippen LogP contribution in [0, 0.1) is 11.3 Å². The Morgan fingerprint density at radius 2 is 1.84 bits per heavy atom. The highest BCUT2D eigenvalue weighted by Crippen LogP contribution is 2.32. The molecule has 0 aliphatic rings. The van der Waals surface area contributed by atoms with E-state index in [1.54, 1.807) is 42.7 Å². The van der Waals surface area contributed by atoms with Crippen molar-refractivity contribution in [1.82, 2.24) is 4.98 Å². The smallest absolute Gasteiger partial charge is 0.101 e. The molecule has 0 atom stereocenters. The number of rotatable bonds is 2. The van der Waals surface area contributed by atoms with Crippen molar-refractivity contribution in [3.05, 3.63) is 63.3 Å². The number of aromatic nitrogens is 1. The zero-order chi connectivity index (χ0) is 13.8. The molecule has 0 aliphatic carbocycles. The Hall–Kier alpha value is -1.34. The molecule has 94 valence electrons. The Kier molecular flexibility index (Phi) is 4.60. The van der Waals surface area contributed by atoms with Crippen molar-refractivity contribution >= 4 is 49.7 Å². The summed E-state index contributed by atoms with van der Waals surface area (Å²) in [5.41, 5.74) is 1.86. The molecular formula is C14H7BrCl2N2. The van der Waals surface area contributed by atoms with Crippen LogP contribution in [0.25, 0.3) is 10.6 Å². The Morgan fingerprint density at radius 1 is 1.16 bits per heavy atom. The van der Waals surface area contributed by atoms with Gasteiger partial charge in [-0.15, -0.1) is 0 Å². The second-order valence-corrected chi connectivity index (χ2v) is 5.31. The van der Waals surface area contributed by atoms with E-state index in [-0.39, 0.29) is 0 Å². The fourth-order valence-electron chi connectivity index (χ4n) is 1.54. The minimum absolute atomic E-state index is 0.381. The van der Waals surface area contributed by atoms with Crippen LogP contribution in [0.3, 0.4) is 0 Å². The van der Waals surface area contributed by atoms with Gasteiger partial charge in [-0.05, 0) is 51.3 Å². The molecule has 0 saturated heterocycles. The van der Waals surface area contributed by atoms with E-state index in [4.69, 9.17) is 23.2 Å². The van der Waals surface area contributed by atoms with Crippen LogP contribution in [0.1, 0.15) is 11.1 Å². The highest BCUT2D eigenvalue weighted by Gasteiger charge is 2.10. The van der Waals surface area contributed by atoms with Crippen molar-refractivity contribution in [2.45, 2.75) is 0 Å². The summed E-state index contributed by atoms with van der Waals surface area (Å²) in [5.74, 6) is 0. The quantitative estimate of drug-likeness (QED) is 0.702. The lowest BCUT2D eigenvalue weighted by Crippen LogP contribution is -1.87. The van der Waals surface area contributed by atoms with Gasteiger partial charge in [-0.25, -0.2) is 0 Å². The van der Waals surface area contributed by atoms with Gasteiger partial charge in [0.05, 0.1) is 15.6 Å². The minimum Gasteiger partial charge on any atom is -0.265 e. The number of hydrogen-bond acceptors (Lipinski definition) is 2. The van der Waals surface area contributed by atoms with Crippen molar-refractivity contribution < 1.29 is 0 Å². The van der Waals surface area contributed by atoms with Crippen LogP contribution in [0.4, 0.5) is 0 Å². The Morgan fingerprint density at radius 3 is 2.42 bits per heavy atom. The third kappa shape index (κ3) is 3.16.